The SMILES string of the molecule is CNC(=O)C1CCC(CN2CC(Cc3cn(-c4ccc(F)cc4C(=O)N(C)C(C)C)c4cncc(C)c34)C2)CC1. The van der Waals surface area contributed by atoms with Crippen LogP contribution in [0.1, 0.15) is 61.0 Å². The van der Waals surface area contributed by atoms with E-state index >= 15 is 0 Å². The minimum Gasteiger partial charge on any atom is -0.359 e. The maximum Gasteiger partial charge on any atom is 0.256 e. The minimum atomic E-state index is -0.424. The summed E-state index contributed by atoms with van der Waals surface area (Å²) in [5, 5.41) is 3.97. The maximum absolute atomic E-state index is 14.4. The predicted molar refractivity (Wildman–Crippen MR) is 156 cm³/mol. The fraction of sp³-hybridized carbons (Fsp3) is 0.531. The van der Waals surface area contributed by atoms with Gasteiger partial charge in [0.15, 0.2) is 0 Å². The van der Waals surface area contributed by atoms with Crippen molar-refractivity contribution in [3.63, 3.8) is 0 Å². The van der Waals surface area contributed by atoms with Crippen molar-refractivity contribution in [3.05, 3.63) is 59.3 Å². The van der Waals surface area contributed by atoms with Gasteiger partial charge in [0.1, 0.15) is 5.82 Å². The first kappa shape index (κ1) is 28.3. The number of aryl methyl sites for hydroxylation is 1. The molecule has 1 saturated heterocycles. The zero-order valence-corrected chi connectivity index (χ0v) is 24.4. The van der Waals surface area contributed by atoms with E-state index in [4.69, 9.17) is 0 Å². The van der Waals surface area contributed by atoms with E-state index in [0.29, 0.717) is 23.1 Å². The summed E-state index contributed by atoms with van der Waals surface area (Å²) in [5.74, 6) is 0.990. The maximum atomic E-state index is 14.4. The zero-order chi connectivity index (χ0) is 28.6. The highest BCUT2D eigenvalue weighted by atomic mass is 19.1. The van der Waals surface area contributed by atoms with Crippen molar-refractivity contribution in [2.24, 2.45) is 17.8 Å². The number of pyridine rings is 1. The first-order valence-electron chi connectivity index (χ1n) is 14.6. The second-order valence-electron chi connectivity index (χ2n) is 12.2. The molecule has 5 rings (SSSR count). The molecule has 7 nitrogen and oxygen atoms in total. The number of hydrogen-bond donors (Lipinski definition) is 1. The van der Waals surface area contributed by atoms with Crippen molar-refractivity contribution in [1.82, 2.24) is 24.7 Å². The minimum absolute atomic E-state index is 0.00284. The van der Waals surface area contributed by atoms with E-state index in [0.717, 1.165) is 62.8 Å². The number of hydrogen-bond acceptors (Lipinski definition) is 4. The molecule has 0 radical (unpaired) electrons. The Balaban J connectivity index is 1.32. The van der Waals surface area contributed by atoms with Crippen LogP contribution in [0.5, 0.6) is 0 Å². The number of aromatic nitrogens is 2. The highest BCUT2D eigenvalue weighted by molar-refractivity contribution is 5.99. The van der Waals surface area contributed by atoms with Gasteiger partial charge in [0, 0.05) is 63.5 Å². The number of fused-ring (bicyclic) bond motifs is 1. The Labute approximate surface area is 236 Å². The van der Waals surface area contributed by atoms with Gasteiger partial charge in [-0.15, -0.1) is 0 Å². The van der Waals surface area contributed by atoms with E-state index < -0.39 is 5.82 Å². The van der Waals surface area contributed by atoms with Gasteiger partial charge < -0.3 is 19.7 Å². The summed E-state index contributed by atoms with van der Waals surface area (Å²) in [6, 6.07) is 4.46. The lowest BCUT2D eigenvalue weighted by Crippen LogP contribution is -2.49. The molecule has 2 amide bonds. The van der Waals surface area contributed by atoms with Crippen molar-refractivity contribution in [3.8, 4) is 5.69 Å². The van der Waals surface area contributed by atoms with Crippen LogP contribution >= 0.6 is 0 Å². The highest BCUT2D eigenvalue weighted by Gasteiger charge is 2.32. The Morgan fingerprint density at radius 1 is 1.12 bits per heavy atom. The molecule has 1 saturated carbocycles. The Bertz CT molecular complexity index is 1390. The summed E-state index contributed by atoms with van der Waals surface area (Å²) < 4.78 is 16.4. The van der Waals surface area contributed by atoms with Gasteiger partial charge in [-0.05, 0) is 94.0 Å². The van der Waals surface area contributed by atoms with Crippen LogP contribution in [0.15, 0.2) is 36.8 Å². The first-order chi connectivity index (χ1) is 19.2. The number of rotatable bonds is 8. The largest absolute Gasteiger partial charge is 0.359 e. The molecule has 0 bridgehead atoms. The van der Waals surface area contributed by atoms with Crippen LogP contribution in [0, 0.1) is 30.5 Å². The second-order valence-corrected chi connectivity index (χ2v) is 12.2. The third-order valence-electron chi connectivity index (χ3n) is 9.05. The summed E-state index contributed by atoms with van der Waals surface area (Å²) >= 11 is 0. The molecule has 8 heteroatoms. The van der Waals surface area contributed by atoms with Gasteiger partial charge in [-0.2, -0.15) is 0 Å². The van der Waals surface area contributed by atoms with E-state index in [9.17, 15) is 14.0 Å². The van der Waals surface area contributed by atoms with Crippen LogP contribution in [0.25, 0.3) is 16.6 Å². The number of benzene rings is 1. The van der Waals surface area contributed by atoms with E-state index in [-0.39, 0.29) is 23.8 Å². The molecule has 2 aromatic heterocycles. The van der Waals surface area contributed by atoms with Crippen LogP contribution in [-0.2, 0) is 11.2 Å². The van der Waals surface area contributed by atoms with Gasteiger partial charge in [0.25, 0.3) is 5.91 Å². The summed E-state index contributed by atoms with van der Waals surface area (Å²) in [7, 11) is 3.48. The molecule has 0 spiro atoms. The van der Waals surface area contributed by atoms with E-state index in [1.54, 1.807) is 25.1 Å². The highest BCUT2D eigenvalue weighted by Crippen LogP contribution is 2.34. The van der Waals surface area contributed by atoms with E-state index in [2.05, 4.69) is 28.3 Å². The summed E-state index contributed by atoms with van der Waals surface area (Å²) in [4.78, 5) is 34.0. The average Bonchev–Trinajstić information content (AvgIpc) is 3.30. The van der Waals surface area contributed by atoms with Gasteiger partial charge in [-0.3, -0.25) is 14.6 Å². The number of carbonyl (C=O) groups is 2. The Morgan fingerprint density at radius 2 is 1.85 bits per heavy atom. The monoisotopic (exact) mass is 547 g/mol. The van der Waals surface area contributed by atoms with Crippen molar-refractivity contribution in [2.45, 2.75) is 58.9 Å². The normalized spacial score (nSPS) is 20.1. The molecule has 3 heterocycles. The third-order valence-corrected chi connectivity index (χ3v) is 9.05. The fourth-order valence-corrected chi connectivity index (χ4v) is 6.55. The van der Waals surface area contributed by atoms with E-state index in [1.807, 2.05) is 30.8 Å². The third kappa shape index (κ3) is 5.64. The number of nitrogens with one attached hydrogen (secondary N) is 1. The predicted octanol–water partition coefficient (Wildman–Crippen LogP) is 4.98. The van der Waals surface area contributed by atoms with Gasteiger partial charge in [0.05, 0.1) is 23.0 Å². The molecule has 2 fully saturated rings. The number of halogens is 1. The molecule has 214 valence electrons. The standard InChI is InChI=1S/C32H42FN5O2/c1-20(2)36(5)32(40)27-13-26(33)10-11-28(27)38-19-25(30-21(3)14-35-15-29(30)38)12-23-17-37(18-23)16-22-6-8-24(9-7-22)31(39)34-4/h10-11,13-15,19-20,22-24H,6-9,12,16-18H2,1-5H3,(H,34,39). The quantitative estimate of drug-likeness (QED) is 0.432. The van der Waals surface area contributed by atoms with Crippen LogP contribution in [0.2, 0.25) is 0 Å². The van der Waals surface area contributed by atoms with Crippen molar-refractivity contribution >= 4 is 22.7 Å². The molecule has 1 N–H and O–H groups in total. The lowest BCUT2D eigenvalue weighted by Gasteiger charge is -2.42. The second kappa shape index (κ2) is 11.7. The smallest absolute Gasteiger partial charge is 0.256 e. The lowest BCUT2D eigenvalue weighted by atomic mass is 9.80. The van der Waals surface area contributed by atoms with Gasteiger partial charge >= 0.3 is 0 Å². The molecule has 1 aliphatic heterocycles. The molecule has 1 aromatic carbocycles. The molecular formula is C32H42FN5O2. The van der Waals surface area contributed by atoms with Crippen molar-refractivity contribution in [1.29, 1.82) is 0 Å². The topological polar surface area (TPSA) is 70.5 Å². The van der Waals surface area contributed by atoms with Crippen LogP contribution < -0.4 is 5.32 Å². The molecule has 40 heavy (non-hydrogen) atoms. The molecular weight excluding hydrogens is 505 g/mol. The lowest BCUT2D eigenvalue weighted by molar-refractivity contribution is -0.125. The Hall–Kier alpha value is -3.26. The summed E-state index contributed by atoms with van der Waals surface area (Å²) in [6.07, 6.45) is 11.1. The summed E-state index contributed by atoms with van der Waals surface area (Å²) in [5.41, 5.74) is 4.30. The number of likely N-dealkylation sites (tertiary alicyclic amines) is 1. The Morgan fingerprint density at radius 3 is 2.52 bits per heavy atom. The number of amides is 2. The number of nitrogens with zero attached hydrogens (tertiary/aromatic N) is 4. The van der Waals surface area contributed by atoms with E-state index in [1.165, 1.54) is 23.1 Å². The average molecular weight is 548 g/mol. The van der Waals surface area contributed by atoms with Crippen LogP contribution in [0.3, 0.4) is 0 Å². The summed E-state index contributed by atoms with van der Waals surface area (Å²) in [6.45, 7) is 9.24. The van der Waals surface area contributed by atoms with Crippen molar-refractivity contribution in [2.75, 3.05) is 33.7 Å². The molecule has 1 aliphatic carbocycles. The van der Waals surface area contributed by atoms with Gasteiger partial charge in [-0.25, -0.2) is 4.39 Å². The van der Waals surface area contributed by atoms with Gasteiger partial charge in [0.2, 0.25) is 5.91 Å². The zero-order valence-electron chi connectivity index (χ0n) is 24.4. The molecule has 2 aliphatic rings. The van der Waals surface area contributed by atoms with Crippen molar-refractivity contribution < 1.29 is 14.0 Å². The first-order valence-corrected chi connectivity index (χ1v) is 14.6. The van der Waals surface area contributed by atoms with Gasteiger partial charge in [-0.1, -0.05) is 0 Å². The Kier molecular flexibility index (Phi) is 8.26. The van der Waals surface area contributed by atoms with Crippen LogP contribution in [-0.4, -0.2) is 70.9 Å². The number of carbonyl (C=O) groups excluding carboxylic acids is 2. The molecule has 0 atom stereocenters. The molecule has 3 aromatic rings. The van der Waals surface area contributed by atoms with Crippen LogP contribution in [0.4, 0.5) is 4.39 Å². The fourth-order valence-electron chi connectivity index (χ4n) is 6.55. The molecule has 0 unspecified atom stereocenters.